The van der Waals surface area contributed by atoms with Crippen LogP contribution in [-0.2, 0) is 31.1 Å². The van der Waals surface area contributed by atoms with Crippen LogP contribution in [0.3, 0.4) is 0 Å². The highest BCUT2D eigenvalue weighted by molar-refractivity contribution is 5.96. The summed E-state index contributed by atoms with van der Waals surface area (Å²) in [5, 5.41) is 15.1. The van der Waals surface area contributed by atoms with Gasteiger partial charge in [-0.3, -0.25) is 15.6 Å². The molecule has 4 rings (SSSR count). The Balaban J connectivity index is 0.00000308. The lowest BCUT2D eigenvalue weighted by atomic mass is 10.1. The molecule has 0 bridgehead atoms. The van der Waals surface area contributed by atoms with Gasteiger partial charge in [-0.05, 0) is 54.5 Å². The smallest absolute Gasteiger partial charge is 0.227 e. The number of imidazole rings is 1. The van der Waals surface area contributed by atoms with Crippen LogP contribution >= 0.6 is 24.8 Å². The number of nitrogens with two attached hydrogens (primary N) is 2. The zero-order valence-corrected chi connectivity index (χ0v) is 26.0. The van der Waals surface area contributed by atoms with Crippen molar-refractivity contribution in [1.29, 1.82) is 10.8 Å². The SMILES string of the molecule is CC(C)CCN(C(=O)CCc1ccc(C(=N)N)cc1)c1ccc2c(c1)nc(CCc1ccc(C(=N)N)cc1)n2C.Cl.Cl. The van der Waals surface area contributed by atoms with Gasteiger partial charge in [-0.15, -0.1) is 24.8 Å². The number of amidine groups is 2. The Morgan fingerprint density at radius 3 is 1.93 bits per heavy atom. The number of nitrogen functional groups attached to an aromatic ring is 2. The predicted molar refractivity (Wildman–Crippen MR) is 178 cm³/mol. The summed E-state index contributed by atoms with van der Waals surface area (Å²) in [6.07, 6.45) is 3.53. The number of rotatable bonds is 12. The number of carbonyl (C=O) groups excluding carboxylic acids is 1. The van der Waals surface area contributed by atoms with Gasteiger partial charge in [0, 0.05) is 43.2 Å². The van der Waals surface area contributed by atoms with E-state index >= 15 is 0 Å². The molecule has 3 aromatic carbocycles. The minimum atomic E-state index is 0. The molecule has 1 amide bonds. The molecule has 6 N–H and O–H groups in total. The van der Waals surface area contributed by atoms with E-state index in [1.54, 1.807) is 0 Å². The Labute approximate surface area is 260 Å². The number of halogens is 2. The van der Waals surface area contributed by atoms with Crippen LogP contribution in [0.2, 0.25) is 0 Å². The predicted octanol–water partition coefficient (Wildman–Crippen LogP) is 5.78. The summed E-state index contributed by atoms with van der Waals surface area (Å²) in [6, 6.07) is 21.4. The molecule has 0 radical (unpaired) electrons. The van der Waals surface area contributed by atoms with E-state index in [-0.39, 0.29) is 42.4 Å². The highest BCUT2D eigenvalue weighted by atomic mass is 35.5. The van der Waals surface area contributed by atoms with Gasteiger partial charge >= 0.3 is 0 Å². The Hall–Kier alpha value is -3.88. The number of anilines is 1. The van der Waals surface area contributed by atoms with Crippen LogP contribution in [0.4, 0.5) is 5.69 Å². The molecular weight excluding hydrogens is 569 g/mol. The number of aromatic nitrogens is 2. The average molecular weight is 611 g/mol. The van der Waals surface area contributed by atoms with Crippen LogP contribution in [0.1, 0.15) is 54.8 Å². The van der Waals surface area contributed by atoms with Crippen molar-refractivity contribution in [2.45, 2.75) is 46.0 Å². The minimum absolute atomic E-state index is 0. The number of fused-ring (bicyclic) bond motifs is 1. The van der Waals surface area contributed by atoms with Crippen molar-refractivity contribution in [3.63, 3.8) is 0 Å². The fourth-order valence-electron chi connectivity index (χ4n) is 4.76. The zero-order valence-electron chi connectivity index (χ0n) is 24.4. The first-order valence-electron chi connectivity index (χ1n) is 13.7. The molecule has 1 heterocycles. The Morgan fingerprint density at radius 2 is 1.40 bits per heavy atom. The third-order valence-corrected chi connectivity index (χ3v) is 7.29. The first kappa shape index (κ1) is 34.3. The lowest BCUT2D eigenvalue weighted by Gasteiger charge is -2.24. The molecule has 4 aromatic rings. The van der Waals surface area contributed by atoms with Crippen molar-refractivity contribution in [3.05, 3.63) is 94.8 Å². The Bertz CT molecular complexity index is 1510. The molecule has 0 saturated heterocycles. The molecule has 0 unspecified atom stereocenters. The number of hydrogen-bond acceptors (Lipinski definition) is 4. The fraction of sp³-hybridized carbons (Fsp3) is 0.312. The molecule has 0 aliphatic rings. The van der Waals surface area contributed by atoms with Gasteiger partial charge < -0.3 is 20.9 Å². The van der Waals surface area contributed by atoms with Gasteiger partial charge in [0.2, 0.25) is 5.91 Å². The van der Waals surface area contributed by atoms with Gasteiger partial charge in [0.25, 0.3) is 0 Å². The molecule has 0 aliphatic heterocycles. The van der Waals surface area contributed by atoms with E-state index < -0.39 is 0 Å². The molecular formula is C32H41Cl2N7O. The highest BCUT2D eigenvalue weighted by Gasteiger charge is 2.18. The lowest BCUT2D eigenvalue weighted by Crippen LogP contribution is -2.32. The molecule has 0 atom stereocenters. The maximum atomic E-state index is 13.5. The first-order chi connectivity index (χ1) is 19.1. The van der Waals surface area contributed by atoms with Gasteiger partial charge in [-0.2, -0.15) is 0 Å². The van der Waals surface area contributed by atoms with E-state index in [9.17, 15) is 4.79 Å². The van der Waals surface area contributed by atoms with Crippen molar-refractivity contribution in [1.82, 2.24) is 9.55 Å². The van der Waals surface area contributed by atoms with E-state index in [0.29, 0.717) is 30.9 Å². The number of nitrogens with zero attached hydrogens (tertiary/aromatic N) is 3. The maximum Gasteiger partial charge on any atom is 0.227 e. The van der Waals surface area contributed by atoms with Crippen molar-refractivity contribution >= 4 is 59.1 Å². The third kappa shape index (κ3) is 8.57. The lowest BCUT2D eigenvalue weighted by molar-refractivity contribution is -0.118. The standard InChI is InChI=1S/C32H39N7O.2ClH/c1-21(2)18-19-39(30(40)17-9-23-6-12-25(13-7-23)32(35)36)26-14-15-28-27(20-26)37-29(38(28)3)16-8-22-4-10-24(11-5-22)31(33)34;;/h4-7,10-15,20-21H,8-9,16-19H2,1-3H3,(H3,33,34)(H3,35,36);2*1H. The van der Waals surface area contributed by atoms with Crippen LogP contribution < -0.4 is 16.4 Å². The van der Waals surface area contributed by atoms with E-state index in [2.05, 4.69) is 24.5 Å². The molecule has 0 spiro atoms. The molecule has 8 nitrogen and oxygen atoms in total. The average Bonchev–Trinajstić information content (AvgIpc) is 3.25. The number of nitrogens with one attached hydrogen (secondary N) is 2. The molecule has 0 aliphatic carbocycles. The van der Waals surface area contributed by atoms with E-state index in [0.717, 1.165) is 52.9 Å². The second-order valence-electron chi connectivity index (χ2n) is 10.7. The normalized spacial score (nSPS) is 10.7. The Kier molecular flexibility index (Phi) is 12.6. The fourth-order valence-corrected chi connectivity index (χ4v) is 4.76. The number of hydrogen-bond donors (Lipinski definition) is 4. The zero-order chi connectivity index (χ0) is 28.8. The summed E-state index contributed by atoms with van der Waals surface area (Å²) in [7, 11) is 2.03. The van der Waals surface area contributed by atoms with Crippen molar-refractivity contribution in [2.24, 2.45) is 24.4 Å². The van der Waals surface area contributed by atoms with E-state index in [4.69, 9.17) is 27.3 Å². The van der Waals surface area contributed by atoms with Gasteiger partial charge in [-0.25, -0.2) is 4.98 Å². The quantitative estimate of drug-likeness (QED) is 0.119. The third-order valence-electron chi connectivity index (χ3n) is 7.29. The van der Waals surface area contributed by atoms with Crippen LogP contribution in [0.5, 0.6) is 0 Å². The summed E-state index contributed by atoms with van der Waals surface area (Å²) in [4.78, 5) is 20.3. The van der Waals surface area contributed by atoms with Gasteiger partial charge in [0.15, 0.2) is 0 Å². The van der Waals surface area contributed by atoms with Gasteiger partial charge in [0.1, 0.15) is 17.5 Å². The molecule has 224 valence electrons. The van der Waals surface area contributed by atoms with Crippen LogP contribution in [0.15, 0.2) is 66.7 Å². The highest BCUT2D eigenvalue weighted by Crippen LogP contribution is 2.25. The molecule has 42 heavy (non-hydrogen) atoms. The minimum Gasteiger partial charge on any atom is -0.384 e. The first-order valence-corrected chi connectivity index (χ1v) is 13.7. The molecule has 0 saturated carbocycles. The second kappa shape index (κ2) is 15.4. The second-order valence-corrected chi connectivity index (χ2v) is 10.7. The van der Waals surface area contributed by atoms with Gasteiger partial charge in [0.05, 0.1) is 11.0 Å². The topological polar surface area (TPSA) is 138 Å². The van der Waals surface area contributed by atoms with E-state index in [1.807, 2.05) is 72.6 Å². The maximum absolute atomic E-state index is 13.5. The molecule has 1 aromatic heterocycles. The summed E-state index contributed by atoms with van der Waals surface area (Å²) in [5.74, 6) is 1.66. The molecule has 0 fully saturated rings. The summed E-state index contributed by atoms with van der Waals surface area (Å²) in [5.41, 5.74) is 17.5. The van der Waals surface area contributed by atoms with Gasteiger partial charge in [-0.1, -0.05) is 62.4 Å². The summed E-state index contributed by atoms with van der Waals surface area (Å²) < 4.78 is 2.12. The monoisotopic (exact) mass is 609 g/mol. The number of benzene rings is 3. The van der Waals surface area contributed by atoms with E-state index in [1.165, 1.54) is 5.56 Å². The molecule has 10 heteroatoms. The number of carbonyl (C=O) groups is 1. The summed E-state index contributed by atoms with van der Waals surface area (Å²) >= 11 is 0. The van der Waals surface area contributed by atoms with Crippen molar-refractivity contribution < 1.29 is 4.79 Å². The van der Waals surface area contributed by atoms with Crippen LogP contribution in [0, 0.1) is 16.7 Å². The van der Waals surface area contributed by atoms with Crippen molar-refractivity contribution in [3.8, 4) is 0 Å². The van der Waals surface area contributed by atoms with Crippen LogP contribution in [-0.4, -0.2) is 33.7 Å². The Morgan fingerprint density at radius 1 is 0.857 bits per heavy atom. The van der Waals surface area contributed by atoms with Crippen LogP contribution in [0.25, 0.3) is 11.0 Å². The van der Waals surface area contributed by atoms with Crippen molar-refractivity contribution in [2.75, 3.05) is 11.4 Å². The number of aryl methyl sites for hydroxylation is 4. The number of amides is 1. The largest absolute Gasteiger partial charge is 0.384 e. The summed E-state index contributed by atoms with van der Waals surface area (Å²) in [6.45, 7) is 4.99.